The van der Waals surface area contributed by atoms with E-state index in [1.807, 2.05) is 0 Å². The van der Waals surface area contributed by atoms with Gasteiger partial charge in [0.2, 0.25) is 0 Å². The van der Waals surface area contributed by atoms with E-state index in [1.165, 1.54) is 12.1 Å². The average molecular weight is 294 g/mol. The second-order valence-corrected chi connectivity index (χ2v) is 4.63. The molecule has 0 aromatic heterocycles. The minimum absolute atomic E-state index is 0.0423. The van der Waals surface area contributed by atoms with Gasteiger partial charge in [0.05, 0.1) is 10.6 Å². The van der Waals surface area contributed by atoms with Gasteiger partial charge in [-0.2, -0.15) is 5.10 Å². The van der Waals surface area contributed by atoms with Gasteiger partial charge in [0, 0.05) is 24.2 Å². The third-order valence-electron chi connectivity index (χ3n) is 2.62. The number of hydrogen-bond donors (Lipinski definition) is 2. The van der Waals surface area contributed by atoms with Crippen molar-refractivity contribution < 1.29 is 4.92 Å². The van der Waals surface area contributed by atoms with Crippen LogP contribution >= 0.6 is 12.2 Å². The van der Waals surface area contributed by atoms with Crippen LogP contribution in [-0.4, -0.2) is 22.3 Å². The molecule has 1 aromatic rings. The summed E-state index contributed by atoms with van der Waals surface area (Å²) in [7, 11) is 0. The number of nitro benzene ring substituents is 1. The number of rotatable bonds is 6. The van der Waals surface area contributed by atoms with E-state index in [4.69, 9.17) is 12.2 Å². The van der Waals surface area contributed by atoms with Gasteiger partial charge in [-0.1, -0.05) is 25.5 Å². The Kier molecular flexibility index (Phi) is 6.58. The van der Waals surface area contributed by atoms with Crippen molar-refractivity contribution in [1.29, 1.82) is 0 Å². The Labute approximate surface area is 123 Å². The average Bonchev–Trinajstić information content (AvgIpc) is 2.45. The molecule has 0 aliphatic rings. The summed E-state index contributed by atoms with van der Waals surface area (Å²) in [5.74, 6) is 0. The first-order chi connectivity index (χ1) is 9.54. The number of benzene rings is 1. The van der Waals surface area contributed by atoms with Crippen LogP contribution in [0.15, 0.2) is 29.4 Å². The largest absolute Gasteiger partial charge is 0.361 e. The molecule has 0 unspecified atom stereocenters. The van der Waals surface area contributed by atoms with E-state index in [2.05, 4.69) is 22.8 Å². The molecule has 0 spiro atoms. The predicted octanol–water partition coefficient (Wildman–Crippen LogP) is 2.58. The maximum atomic E-state index is 10.7. The third-order valence-corrected chi connectivity index (χ3v) is 2.85. The molecule has 0 amide bonds. The second kappa shape index (κ2) is 8.21. The van der Waals surface area contributed by atoms with Crippen LogP contribution in [0.2, 0.25) is 0 Å². The monoisotopic (exact) mass is 294 g/mol. The van der Waals surface area contributed by atoms with Gasteiger partial charge in [-0.3, -0.25) is 15.5 Å². The van der Waals surface area contributed by atoms with Crippen LogP contribution in [0.5, 0.6) is 0 Å². The van der Waals surface area contributed by atoms with Crippen LogP contribution < -0.4 is 10.7 Å². The number of nitro groups is 1. The zero-order valence-electron chi connectivity index (χ0n) is 11.5. The summed E-state index contributed by atoms with van der Waals surface area (Å²) in [4.78, 5) is 10.3. The quantitative estimate of drug-likeness (QED) is 0.277. The summed E-state index contributed by atoms with van der Waals surface area (Å²) in [5.41, 5.74) is 4.09. The topological polar surface area (TPSA) is 79.6 Å². The Morgan fingerprint density at radius 1 is 1.50 bits per heavy atom. The first kappa shape index (κ1) is 16.0. The molecule has 0 aliphatic carbocycles. The van der Waals surface area contributed by atoms with Crippen molar-refractivity contribution in [3.8, 4) is 0 Å². The smallest absolute Gasteiger partial charge is 0.270 e. The number of hydrogen-bond acceptors (Lipinski definition) is 4. The molecule has 108 valence electrons. The summed E-state index contributed by atoms with van der Waals surface area (Å²) in [6.45, 7) is 4.66. The second-order valence-electron chi connectivity index (χ2n) is 4.23. The lowest BCUT2D eigenvalue weighted by atomic mass is 10.1. The number of nitrogens with zero attached hydrogens (tertiary/aromatic N) is 2. The summed E-state index contributed by atoms with van der Waals surface area (Å²) >= 11 is 5.07. The van der Waals surface area contributed by atoms with Crippen LogP contribution in [0.3, 0.4) is 0 Å². The SMILES string of the molecule is CCCCNC(=S)N/N=C(/C)c1cccc([N+](=O)[O-])c1. The molecule has 1 rings (SSSR count). The number of non-ortho nitro benzene ring substituents is 1. The molecule has 0 fully saturated rings. The molecular weight excluding hydrogens is 276 g/mol. The normalized spacial score (nSPS) is 11.0. The van der Waals surface area contributed by atoms with Gasteiger partial charge < -0.3 is 5.32 Å². The van der Waals surface area contributed by atoms with Crippen molar-refractivity contribution >= 4 is 28.7 Å². The minimum atomic E-state index is -0.429. The molecule has 0 saturated heterocycles. The molecule has 0 atom stereocenters. The van der Waals surface area contributed by atoms with Crippen molar-refractivity contribution in [1.82, 2.24) is 10.7 Å². The Balaban J connectivity index is 2.62. The van der Waals surface area contributed by atoms with Crippen LogP contribution in [0, 0.1) is 10.1 Å². The molecule has 6 nitrogen and oxygen atoms in total. The minimum Gasteiger partial charge on any atom is -0.361 e. The summed E-state index contributed by atoms with van der Waals surface area (Å²) in [6.07, 6.45) is 2.13. The van der Waals surface area contributed by atoms with E-state index in [9.17, 15) is 10.1 Å². The highest BCUT2D eigenvalue weighted by atomic mass is 32.1. The van der Waals surface area contributed by atoms with Crippen molar-refractivity contribution in [3.05, 3.63) is 39.9 Å². The Morgan fingerprint density at radius 3 is 2.90 bits per heavy atom. The first-order valence-electron chi connectivity index (χ1n) is 6.37. The standard InChI is InChI=1S/C13H18N4O2S/c1-3-4-8-14-13(20)16-15-10(2)11-6-5-7-12(9-11)17(18)19/h5-7,9H,3-4,8H2,1-2H3,(H2,14,16,20)/b15-10-. The van der Waals surface area contributed by atoms with Crippen LogP contribution in [0.4, 0.5) is 5.69 Å². The van der Waals surface area contributed by atoms with Crippen LogP contribution in [0.25, 0.3) is 0 Å². The van der Waals surface area contributed by atoms with E-state index in [-0.39, 0.29) is 5.69 Å². The molecule has 0 aliphatic heterocycles. The molecular formula is C13H18N4O2S. The fraction of sp³-hybridized carbons (Fsp3) is 0.385. The first-order valence-corrected chi connectivity index (χ1v) is 6.78. The summed E-state index contributed by atoms with van der Waals surface area (Å²) in [6, 6.07) is 6.32. The molecule has 0 saturated carbocycles. The molecule has 7 heteroatoms. The maximum Gasteiger partial charge on any atom is 0.270 e. The lowest BCUT2D eigenvalue weighted by Gasteiger charge is -2.07. The molecule has 0 bridgehead atoms. The fourth-order valence-corrected chi connectivity index (χ4v) is 1.61. The summed E-state index contributed by atoms with van der Waals surface area (Å²) in [5, 5.41) is 18.3. The molecule has 20 heavy (non-hydrogen) atoms. The summed E-state index contributed by atoms with van der Waals surface area (Å²) < 4.78 is 0. The fourth-order valence-electron chi connectivity index (χ4n) is 1.46. The lowest BCUT2D eigenvalue weighted by molar-refractivity contribution is -0.384. The van der Waals surface area contributed by atoms with Crippen molar-refractivity contribution in [3.63, 3.8) is 0 Å². The molecule has 1 aromatic carbocycles. The van der Waals surface area contributed by atoms with E-state index in [0.29, 0.717) is 16.4 Å². The maximum absolute atomic E-state index is 10.7. The van der Waals surface area contributed by atoms with E-state index in [0.717, 1.165) is 19.4 Å². The third kappa shape index (κ3) is 5.31. The van der Waals surface area contributed by atoms with E-state index < -0.39 is 4.92 Å². The molecule has 2 N–H and O–H groups in total. The van der Waals surface area contributed by atoms with Gasteiger partial charge in [0.1, 0.15) is 0 Å². The number of hydrazone groups is 1. The highest BCUT2D eigenvalue weighted by molar-refractivity contribution is 7.80. The van der Waals surface area contributed by atoms with Crippen LogP contribution in [-0.2, 0) is 0 Å². The Hall–Kier alpha value is -2.02. The van der Waals surface area contributed by atoms with Crippen LogP contribution in [0.1, 0.15) is 32.3 Å². The Morgan fingerprint density at radius 2 is 2.25 bits per heavy atom. The van der Waals surface area contributed by atoms with Gasteiger partial charge >= 0.3 is 0 Å². The zero-order chi connectivity index (χ0) is 15.0. The van der Waals surface area contributed by atoms with Gasteiger partial charge in [-0.25, -0.2) is 0 Å². The molecule has 0 heterocycles. The van der Waals surface area contributed by atoms with Crippen molar-refractivity contribution in [2.45, 2.75) is 26.7 Å². The highest BCUT2D eigenvalue weighted by Gasteiger charge is 2.07. The zero-order valence-corrected chi connectivity index (χ0v) is 12.4. The van der Waals surface area contributed by atoms with Crippen molar-refractivity contribution in [2.75, 3.05) is 6.54 Å². The van der Waals surface area contributed by atoms with E-state index >= 15 is 0 Å². The predicted molar refractivity (Wildman–Crippen MR) is 84.0 cm³/mol. The number of thiocarbonyl (C=S) groups is 1. The van der Waals surface area contributed by atoms with Gasteiger partial charge in [0.15, 0.2) is 5.11 Å². The highest BCUT2D eigenvalue weighted by Crippen LogP contribution is 2.13. The number of nitrogens with one attached hydrogen (secondary N) is 2. The van der Waals surface area contributed by atoms with Gasteiger partial charge in [-0.05, 0) is 25.6 Å². The lowest BCUT2D eigenvalue weighted by Crippen LogP contribution is -2.33. The number of unbranched alkanes of at least 4 members (excludes halogenated alkanes) is 1. The molecule has 0 radical (unpaired) electrons. The van der Waals surface area contributed by atoms with E-state index in [1.54, 1.807) is 19.1 Å². The van der Waals surface area contributed by atoms with Crippen molar-refractivity contribution in [2.24, 2.45) is 5.10 Å². The Bertz CT molecular complexity index is 517. The van der Waals surface area contributed by atoms with Gasteiger partial charge in [-0.15, -0.1) is 0 Å². The van der Waals surface area contributed by atoms with Gasteiger partial charge in [0.25, 0.3) is 5.69 Å².